The van der Waals surface area contributed by atoms with Gasteiger partial charge < -0.3 is 15.2 Å². The van der Waals surface area contributed by atoms with Gasteiger partial charge in [-0.1, -0.05) is 0 Å². The second kappa shape index (κ2) is 5.11. The molecule has 0 bridgehead atoms. The summed E-state index contributed by atoms with van der Waals surface area (Å²) in [4.78, 5) is 21.4. The maximum atomic E-state index is 13.0. The molecule has 1 rings (SSSR count). The van der Waals surface area contributed by atoms with E-state index in [1.54, 1.807) is 0 Å². The van der Waals surface area contributed by atoms with Crippen LogP contribution in [0.5, 0.6) is 5.75 Å². The van der Waals surface area contributed by atoms with Crippen molar-refractivity contribution in [1.82, 2.24) is 5.32 Å². The molecule has 0 radical (unpaired) electrons. The normalized spacial score (nSPS) is 9.62. The number of nitrogens with one attached hydrogen (secondary N) is 1. The number of carbonyl (C=O) groups is 2. The first-order chi connectivity index (χ1) is 7.52. The van der Waals surface area contributed by atoms with E-state index in [2.05, 4.69) is 5.32 Å². The van der Waals surface area contributed by atoms with Crippen molar-refractivity contribution in [3.63, 3.8) is 0 Å². The monoisotopic (exact) mass is 227 g/mol. The van der Waals surface area contributed by atoms with Crippen molar-refractivity contribution < 1.29 is 23.8 Å². The Hall–Kier alpha value is -2.11. The predicted molar refractivity (Wildman–Crippen MR) is 52.9 cm³/mol. The number of hydrogen-bond acceptors (Lipinski definition) is 3. The van der Waals surface area contributed by atoms with Crippen molar-refractivity contribution in [1.29, 1.82) is 0 Å². The van der Waals surface area contributed by atoms with Crippen molar-refractivity contribution in [3.05, 3.63) is 29.6 Å². The molecular weight excluding hydrogens is 217 g/mol. The highest BCUT2D eigenvalue weighted by Crippen LogP contribution is 2.16. The van der Waals surface area contributed by atoms with Crippen LogP contribution in [-0.4, -0.2) is 30.6 Å². The zero-order chi connectivity index (χ0) is 12.1. The fourth-order valence-electron chi connectivity index (χ4n) is 0.991. The molecule has 0 spiro atoms. The quantitative estimate of drug-likeness (QED) is 0.791. The summed E-state index contributed by atoms with van der Waals surface area (Å²) in [7, 11) is 1.43. The maximum Gasteiger partial charge on any atom is 0.335 e. The fourth-order valence-corrected chi connectivity index (χ4v) is 0.991. The van der Waals surface area contributed by atoms with Gasteiger partial charge in [0.2, 0.25) is 0 Å². The van der Waals surface area contributed by atoms with Crippen LogP contribution >= 0.6 is 0 Å². The smallest absolute Gasteiger partial charge is 0.335 e. The Kier molecular flexibility index (Phi) is 3.82. The molecule has 0 saturated carbocycles. The molecule has 86 valence electrons. The number of amides is 1. The summed E-state index contributed by atoms with van der Waals surface area (Å²) in [6, 6.07) is 3.03. The van der Waals surface area contributed by atoms with E-state index in [-0.39, 0.29) is 23.8 Å². The van der Waals surface area contributed by atoms with E-state index in [0.717, 1.165) is 18.2 Å². The molecule has 1 aromatic rings. The largest absolute Gasteiger partial charge is 0.484 e. The van der Waals surface area contributed by atoms with Crippen LogP contribution in [0.15, 0.2) is 18.2 Å². The number of carbonyl (C=O) groups excluding carboxylic acids is 1. The molecule has 0 aromatic heterocycles. The standard InChI is InChI=1S/C10H10FNO4/c1-12-9(13)5-16-8-3-6(10(14)15)2-7(11)4-8/h2-4H,5H2,1H3,(H,12,13)(H,14,15). The van der Waals surface area contributed by atoms with E-state index >= 15 is 0 Å². The molecular formula is C10H10FNO4. The molecule has 2 N–H and O–H groups in total. The van der Waals surface area contributed by atoms with E-state index in [0.29, 0.717) is 0 Å². The van der Waals surface area contributed by atoms with Crippen molar-refractivity contribution in [2.24, 2.45) is 0 Å². The minimum absolute atomic E-state index is 0.000926. The third-order valence-corrected chi connectivity index (χ3v) is 1.77. The Bertz CT molecular complexity index is 419. The summed E-state index contributed by atoms with van der Waals surface area (Å²) in [6.45, 7) is -0.293. The number of hydrogen-bond donors (Lipinski definition) is 2. The van der Waals surface area contributed by atoms with Crippen LogP contribution in [0.1, 0.15) is 10.4 Å². The molecule has 0 fully saturated rings. The van der Waals surface area contributed by atoms with Crippen molar-refractivity contribution in [2.45, 2.75) is 0 Å². The molecule has 5 nitrogen and oxygen atoms in total. The lowest BCUT2D eigenvalue weighted by Crippen LogP contribution is -2.24. The van der Waals surface area contributed by atoms with Crippen LogP contribution < -0.4 is 10.1 Å². The Morgan fingerprint density at radius 2 is 2.12 bits per heavy atom. The van der Waals surface area contributed by atoms with Gasteiger partial charge in [-0.3, -0.25) is 4.79 Å². The minimum atomic E-state index is -1.26. The number of halogens is 1. The lowest BCUT2D eigenvalue weighted by molar-refractivity contribution is -0.122. The third kappa shape index (κ3) is 3.23. The first-order valence-corrected chi connectivity index (χ1v) is 4.40. The summed E-state index contributed by atoms with van der Waals surface area (Å²) in [5, 5.41) is 11.0. The Morgan fingerprint density at radius 3 is 2.69 bits per heavy atom. The zero-order valence-corrected chi connectivity index (χ0v) is 8.49. The second-order valence-corrected chi connectivity index (χ2v) is 2.94. The van der Waals surface area contributed by atoms with Gasteiger partial charge >= 0.3 is 5.97 Å². The number of benzene rings is 1. The topological polar surface area (TPSA) is 75.6 Å². The number of rotatable bonds is 4. The van der Waals surface area contributed by atoms with E-state index in [4.69, 9.17) is 9.84 Å². The van der Waals surface area contributed by atoms with Crippen LogP contribution in [0.2, 0.25) is 0 Å². The Morgan fingerprint density at radius 1 is 1.44 bits per heavy atom. The van der Waals surface area contributed by atoms with Crippen molar-refractivity contribution in [3.8, 4) is 5.75 Å². The van der Waals surface area contributed by atoms with Gasteiger partial charge in [0, 0.05) is 13.1 Å². The van der Waals surface area contributed by atoms with Crippen molar-refractivity contribution >= 4 is 11.9 Å². The van der Waals surface area contributed by atoms with Crippen molar-refractivity contribution in [2.75, 3.05) is 13.7 Å². The Labute approximate surface area is 90.8 Å². The van der Waals surface area contributed by atoms with Gasteiger partial charge in [-0.05, 0) is 12.1 Å². The van der Waals surface area contributed by atoms with Gasteiger partial charge in [-0.25, -0.2) is 9.18 Å². The molecule has 1 aromatic carbocycles. The number of aromatic carboxylic acids is 1. The van der Waals surface area contributed by atoms with E-state index in [1.807, 2.05) is 0 Å². The second-order valence-electron chi connectivity index (χ2n) is 2.94. The molecule has 0 aliphatic carbocycles. The first-order valence-electron chi connectivity index (χ1n) is 4.40. The molecule has 0 saturated heterocycles. The van der Waals surface area contributed by atoms with Gasteiger partial charge in [0.15, 0.2) is 6.61 Å². The molecule has 16 heavy (non-hydrogen) atoms. The predicted octanol–water partition coefficient (Wildman–Crippen LogP) is 0.649. The highest BCUT2D eigenvalue weighted by atomic mass is 19.1. The van der Waals surface area contributed by atoms with Gasteiger partial charge in [0.1, 0.15) is 11.6 Å². The molecule has 6 heteroatoms. The van der Waals surface area contributed by atoms with Crippen LogP contribution in [0.4, 0.5) is 4.39 Å². The van der Waals surface area contributed by atoms with Crippen LogP contribution in [0, 0.1) is 5.82 Å². The number of ether oxygens (including phenoxy) is 1. The molecule has 0 heterocycles. The van der Waals surface area contributed by atoms with Gasteiger partial charge in [-0.2, -0.15) is 0 Å². The highest BCUT2D eigenvalue weighted by molar-refractivity contribution is 5.88. The molecule has 0 atom stereocenters. The highest BCUT2D eigenvalue weighted by Gasteiger charge is 2.08. The average molecular weight is 227 g/mol. The molecule has 0 aliphatic rings. The zero-order valence-electron chi connectivity index (χ0n) is 8.49. The number of likely N-dealkylation sites (N-methyl/N-ethyl adjacent to an activating group) is 1. The van der Waals surface area contributed by atoms with E-state index in [1.165, 1.54) is 7.05 Å². The van der Waals surface area contributed by atoms with Gasteiger partial charge in [0.25, 0.3) is 5.91 Å². The van der Waals surface area contributed by atoms with Crippen LogP contribution in [0.25, 0.3) is 0 Å². The summed E-state index contributed by atoms with van der Waals surface area (Å²) >= 11 is 0. The van der Waals surface area contributed by atoms with E-state index in [9.17, 15) is 14.0 Å². The lowest BCUT2D eigenvalue weighted by atomic mass is 10.2. The molecule has 0 aliphatic heterocycles. The number of carboxylic acid groups (broad SMARTS) is 1. The number of carboxylic acids is 1. The summed E-state index contributed by atoms with van der Waals surface area (Å²) in [5.74, 6) is -2.38. The summed E-state index contributed by atoms with van der Waals surface area (Å²) in [5.41, 5.74) is -0.230. The average Bonchev–Trinajstić information content (AvgIpc) is 2.25. The third-order valence-electron chi connectivity index (χ3n) is 1.77. The molecule has 1 amide bonds. The van der Waals surface area contributed by atoms with Gasteiger partial charge in [-0.15, -0.1) is 0 Å². The fraction of sp³-hybridized carbons (Fsp3) is 0.200. The lowest BCUT2D eigenvalue weighted by Gasteiger charge is -2.06. The van der Waals surface area contributed by atoms with E-state index < -0.39 is 11.8 Å². The first kappa shape index (κ1) is 12.0. The SMILES string of the molecule is CNC(=O)COc1cc(F)cc(C(=O)O)c1. The van der Waals surface area contributed by atoms with Crippen LogP contribution in [-0.2, 0) is 4.79 Å². The molecule has 0 unspecified atom stereocenters. The van der Waals surface area contributed by atoms with Gasteiger partial charge in [0.05, 0.1) is 5.56 Å². The minimum Gasteiger partial charge on any atom is -0.484 e. The Balaban J connectivity index is 2.80. The van der Waals surface area contributed by atoms with Crippen LogP contribution in [0.3, 0.4) is 0 Å². The summed E-state index contributed by atoms with van der Waals surface area (Å²) in [6.07, 6.45) is 0. The summed E-state index contributed by atoms with van der Waals surface area (Å²) < 4.78 is 17.9. The maximum absolute atomic E-state index is 13.0.